The van der Waals surface area contributed by atoms with Crippen molar-refractivity contribution in [1.29, 1.82) is 0 Å². The zero-order valence-corrected chi connectivity index (χ0v) is 10.5. The zero-order valence-electron chi connectivity index (χ0n) is 10.5. The van der Waals surface area contributed by atoms with Crippen LogP contribution in [0.15, 0.2) is 6.07 Å². The third kappa shape index (κ3) is 1.89. The molecule has 1 N–H and O–H groups in total. The van der Waals surface area contributed by atoms with Crippen LogP contribution in [0.1, 0.15) is 54.0 Å². The molecule has 0 bridgehead atoms. The molecule has 17 heavy (non-hydrogen) atoms. The molecule has 0 spiro atoms. The predicted molar refractivity (Wildman–Crippen MR) is 67.8 cm³/mol. The maximum Gasteiger partial charge on any atom is 0.126 e. The first kappa shape index (κ1) is 11.2. The van der Waals surface area contributed by atoms with E-state index in [9.17, 15) is 4.39 Å². The summed E-state index contributed by atoms with van der Waals surface area (Å²) < 4.78 is 14.0. The Kier molecular flexibility index (Phi) is 2.91. The van der Waals surface area contributed by atoms with Gasteiger partial charge in [0.15, 0.2) is 0 Å². The fourth-order valence-electron chi connectivity index (χ4n) is 3.41. The Balaban J connectivity index is 2.12. The van der Waals surface area contributed by atoms with Gasteiger partial charge >= 0.3 is 0 Å². The Bertz CT molecular complexity index is 433. The van der Waals surface area contributed by atoms with Gasteiger partial charge in [-0.05, 0) is 80.3 Å². The van der Waals surface area contributed by atoms with Gasteiger partial charge in [-0.25, -0.2) is 4.39 Å². The van der Waals surface area contributed by atoms with Crippen molar-refractivity contribution in [2.45, 2.75) is 51.5 Å². The van der Waals surface area contributed by atoms with Gasteiger partial charge in [0.05, 0.1) is 0 Å². The van der Waals surface area contributed by atoms with Crippen LogP contribution in [0, 0.1) is 12.7 Å². The maximum absolute atomic E-state index is 14.0. The second-order valence-electron chi connectivity index (χ2n) is 5.39. The molecule has 1 aromatic carbocycles. The van der Waals surface area contributed by atoms with Gasteiger partial charge in [-0.1, -0.05) is 0 Å². The number of nitrogens with one attached hydrogen (secondary N) is 1. The standard InChI is InChI=1S/C15H20FN/c1-10-13(16)9-11-5-2-3-6-12(11)15(10)14-7-4-8-17-14/h9,14,17H,2-8H2,1H3/t14-/m0/s1. The molecular weight excluding hydrogens is 213 g/mol. The van der Waals surface area contributed by atoms with Crippen LogP contribution >= 0.6 is 0 Å². The first-order valence-electron chi connectivity index (χ1n) is 6.81. The van der Waals surface area contributed by atoms with Gasteiger partial charge in [0.2, 0.25) is 0 Å². The summed E-state index contributed by atoms with van der Waals surface area (Å²) in [6, 6.07) is 2.18. The summed E-state index contributed by atoms with van der Waals surface area (Å²) in [4.78, 5) is 0. The third-order valence-corrected chi connectivity index (χ3v) is 4.31. The summed E-state index contributed by atoms with van der Waals surface area (Å²) in [7, 11) is 0. The highest BCUT2D eigenvalue weighted by Crippen LogP contribution is 2.35. The Morgan fingerprint density at radius 3 is 2.82 bits per heavy atom. The van der Waals surface area contributed by atoms with Gasteiger partial charge in [0.25, 0.3) is 0 Å². The van der Waals surface area contributed by atoms with Gasteiger partial charge in [0, 0.05) is 6.04 Å². The Morgan fingerprint density at radius 1 is 1.24 bits per heavy atom. The van der Waals surface area contributed by atoms with E-state index in [4.69, 9.17) is 0 Å². The molecule has 2 aliphatic rings. The molecule has 1 atom stereocenters. The van der Waals surface area contributed by atoms with Gasteiger partial charge in [-0.3, -0.25) is 0 Å². The van der Waals surface area contributed by atoms with Crippen molar-refractivity contribution in [3.63, 3.8) is 0 Å². The average Bonchev–Trinajstić information content (AvgIpc) is 2.84. The van der Waals surface area contributed by atoms with Crippen LogP contribution in [-0.2, 0) is 12.8 Å². The number of hydrogen-bond acceptors (Lipinski definition) is 1. The van der Waals surface area contributed by atoms with Crippen molar-refractivity contribution in [2.24, 2.45) is 0 Å². The molecule has 0 radical (unpaired) electrons. The number of benzene rings is 1. The van der Waals surface area contributed by atoms with Crippen LogP contribution in [0.4, 0.5) is 4.39 Å². The van der Waals surface area contributed by atoms with Crippen LogP contribution in [0.2, 0.25) is 0 Å². The second kappa shape index (κ2) is 4.41. The molecule has 1 aromatic rings. The van der Waals surface area contributed by atoms with Crippen LogP contribution in [0.25, 0.3) is 0 Å². The number of fused-ring (bicyclic) bond motifs is 1. The molecule has 0 saturated carbocycles. The van der Waals surface area contributed by atoms with E-state index in [0.29, 0.717) is 6.04 Å². The van der Waals surface area contributed by atoms with E-state index in [0.717, 1.165) is 31.4 Å². The highest BCUT2D eigenvalue weighted by atomic mass is 19.1. The van der Waals surface area contributed by atoms with Crippen molar-refractivity contribution in [3.05, 3.63) is 34.1 Å². The second-order valence-corrected chi connectivity index (χ2v) is 5.39. The molecule has 1 saturated heterocycles. The first-order chi connectivity index (χ1) is 8.27. The Morgan fingerprint density at radius 2 is 2.06 bits per heavy atom. The Labute approximate surface area is 102 Å². The van der Waals surface area contributed by atoms with Gasteiger partial charge in [0.1, 0.15) is 5.82 Å². The number of hydrogen-bond donors (Lipinski definition) is 1. The highest BCUT2D eigenvalue weighted by molar-refractivity contribution is 5.45. The van der Waals surface area contributed by atoms with Crippen LogP contribution in [0.5, 0.6) is 0 Å². The van der Waals surface area contributed by atoms with Gasteiger partial charge in [-0.2, -0.15) is 0 Å². The lowest BCUT2D eigenvalue weighted by Gasteiger charge is -2.25. The van der Waals surface area contributed by atoms with E-state index in [-0.39, 0.29) is 5.82 Å². The van der Waals surface area contributed by atoms with Crippen molar-refractivity contribution >= 4 is 0 Å². The van der Waals surface area contributed by atoms with Crippen molar-refractivity contribution in [1.82, 2.24) is 5.32 Å². The fourth-order valence-corrected chi connectivity index (χ4v) is 3.41. The minimum Gasteiger partial charge on any atom is -0.310 e. The summed E-state index contributed by atoms with van der Waals surface area (Å²) in [5.74, 6) is -0.00523. The van der Waals surface area contributed by atoms with E-state index in [1.807, 2.05) is 6.92 Å². The Hall–Kier alpha value is -0.890. The van der Waals surface area contributed by atoms with Gasteiger partial charge < -0.3 is 5.32 Å². The number of aryl methyl sites for hydroxylation is 1. The quantitative estimate of drug-likeness (QED) is 0.783. The summed E-state index contributed by atoms with van der Waals surface area (Å²) in [6.07, 6.45) is 7.06. The number of halogens is 1. The monoisotopic (exact) mass is 233 g/mol. The minimum atomic E-state index is -0.00523. The van der Waals surface area contributed by atoms with E-state index in [2.05, 4.69) is 5.32 Å². The molecule has 0 unspecified atom stereocenters. The zero-order chi connectivity index (χ0) is 11.8. The molecule has 3 rings (SSSR count). The minimum absolute atomic E-state index is 0.00523. The lowest BCUT2D eigenvalue weighted by atomic mass is 9.83. The van der Waals surface area contributed by atoms with E-state index in [1.54, 1.807) is 6.07 Å². The average molecular weight is 233 g/mol. The summed E-state index contributed by atoms with van der Waals surface area (Å²) in [6.45, 7) is 3.02. The molecule has 0 aromatic heterocycles. The van der Waals surface area contributed by atoms with E-state index >= 15 is 0 Å². The summed E-state index contributed by atoms with van der Waals surface area (Å²) in [5, 5.41) is 3.52. The third-order valence-electron chi connectivity index (χ3n) is 4.31. The molecule has 0 amide bonds. The molecule has 1 aliphatic carbocycles. The highest BCUT2D eigenvalue weighted by Gasteiger charge is 2.25. The topological polar surface area (TPSA) is 12.0 Å². The van der Waals surface area contributed by atoms with Crippen molar-refractivity contribution in [2.75, 3.05) is 6.54 Å². The molecule has 1 fully saturated rings. The molecule has 1 nitrogen and oxygen atoms in total. The number of rotatable bonds is 1. The predicted octanol–water partition coefficient (Wildman–Crippen LogP) is 3.44. The smallest absolute Gasteiger partial charge is 0.126 e. The first-order valence-corrected chi connectivity index (χ1v) is 6.81. The lowest BCUT2D eigenvalue weighted by Crippen LogP contribution is -2.19. The van der Waals surface area contributed by atoms with Crippen molar-refractivity contribution in [3.8, 4) is 0 Å². The van der Waals surface area contributed by atoms with Crippen molar-refractivity contribution < 1.29 is 4.39 Å². The molecule has 92 valence electrons. The van der Waals surface area contributed by atoms with Gasteiger partial charge in [-0.15, -0.1) is 0 Å². The largest absolute Gasteiger partial charge is 0.310 e. The molecular formula is C15H20FN. The maximum atomic E-state index is 14.0. The van der Waals surface area contributed by atoms with E-state index in [1.165, 1.54) is 36.0 Å². The van der Waals surface area contributed by atoms with Crippen LogP contribution in [0.3, 0.4) is 0 Å². The fraction of sp³-hybridized carbons (Fsp3) is 0.600. The van der Waals surface area contributed by atoms with E-state index < -0.39 is 0 Å². The summed E-state index contributed by atoms with van der Waals surface area (Å²) >= 11 is 0. The van der Waals surface area contributed by atoms with Crippen LogP contribution in [-0.4, -0.2) is 6.54 Å². The normalized spacial score (nSPS) is 23.8. The lowest BCUT2D eigenvalue weighted by molar-refractivity contribution is 0.572. The molecule has 1 heterocycles. The molecule has 1 aliphatic heterocycles. The SMILES string of the molecule is Cc1c(F)cc2c(c1[C@@H]1CCCN1)CCCC2. The molecule has 2 heteroatoms. The summed E-state index contributed by atoms with van der Waals surface area (Å²) in [5.41, 5.74) is 4.89. The van der Waals surface area contributed by atoms with Crippen LogP contribution < -0.4 is 5.32 Å².